The van der Waals surface area contributed by atoms with Crippen molar-refractivity contribution in [2.45, 2.75) is 24.7 Å². The lowest BCUT2D eigenvalue weighted by Crippen LogP contribution is -2.01. The van der Waals surface area contributed by atoms with E-state index in [0.717, 1.165) is 22.2 Å². The summed E-state index contributed by atoms with van der Waals surface area (Å²) in [6.45, 7) is 2.08. The lowest BCUT2D eigenvalue weighted by atomic mass is 10.3. The fraction of sp³-hybridized carbons (Fsp3) is 0.400. The first kappa shape index (κ1) is 11.7. The minimum atomic E-state index is -0.960. The minimum absolute atomic E-state index is 0.614. The average molecular weight is 276 g/mol. The molecule has 0 aliphatic heterocycles. The van der Waals surface area contributed by atoms with E-state index >= 15 is 0 Å². The quantitative estimate of drug-likeness (QED) is 0.859. The predicted octanol–water partition coefficient (Wildman–Crippen LogP) is 2.94. The molecule has 0 spiro atoms. The molecule has 1 aromatic rings. The van der Waals surface area contributed by atoms with E-state index in [9.17, 15) is 4.21 Å². The lowest BCUT2D eigenvalue weighted by molar-refractivity contribution is 0.680. The van der Waals surface area contributed by atoms with Gasteiger partial charge in [0.15, 0.2) is 0 Å². The van der Waals surface area contributed by atoms with Crippen molar-refractivity contribution in [3.63, 3.8) is 0 Å². The molecule has 0 aromatic heterocycles. The van der Waals surface area contributed by atoms with Gasteiger partial charge in [-0.3, -0.25) is 4.21 Å². The van der Waals surface area contributed by atoms with Gasteiger partial charge in [-0.15, -0.1) is 0 Å². The summed E-state index contributed by atoms with van der Waals surface area (Å²) < 4.78 is 12.7. The number of unbranched alkanes of at least 4 members (excludes halogenated alkanes) is 1. The molecule has 2 N–H and O–H groups in total. The number of rotatable bonds is 4. The first-order valence-corrected chi connectivity index (χ1v) is 6.69. The number of nitrogens with two attached hydrogens (primary N) is 1. The SMILES string of the molecule is CCCCS(=O)c1cc(Br)ccc1N. The van der Waals surface area contributed by atoms with Gasteiger partial charge >= 0.3 is 0 Å². The van der Waals surface area contributed by atoms with Gasteiger partial charge in [0, 0.05) is 15.9 Å². The lowest BCUT2D eigenvalue weighted by Gasteiger charge is -2.05. The van der Waals surface area contributed by atoms with Gasteiger partial charge in [0.1, 0.15) is 0 Å². The van der Waals surface area contributed by atoms with Crippen LogP contribution < -0.4 is 5.73 Å². The number of hydrogen-bond donors (Lipinski definition) is 1. The Morgan fingerprint density at radius 3 is 2.86 bits per heavy atom. The van der Waals surface area contributed by atoms with Crippen LogP contribution in [0.15, 0.2) is 27.6 Å². The molecule has 1 unspecified atom stereocenters. The second kappa shape index (κ2) is 5.51. The number of benzene rings is 1. The molecule has 1 atom stereocenters. The maximum atomic E-state index is 11.8. The Kier molecular flexibility index (Phi) is 4.62. The molecule has 2 nitrogen and oxygen atoms in total. The van der Waals surface area contributed by atoms with Gasteiger partial charge < -0.3 is 5.73 Å². The Labute approximate surface area is 95.5 Å². The number of halogens is 1. The summed E-state index contributed by atoms with van der Waals surface area (Å²) in [6, 6.07) is 5.47. The molecule has 0 saturated carbocycles. The molecule has 14 heavy (non-hydrogen) atoms. The average Bonchev–Trinajstić information content (AvgIpc) is 2.18. The zero-order valence-electron chi connectivity index (χ0n) is 8.13. The van der Waals surface area contributed by atoms with E-state index in [2.05, 4.69) is 22.9 Å². The van der Waals surface area contributed by atoms with Crippen molar-refractivity contribution in [3.05, 3.63) is 22.7 Å². The second-order valence-electron chi connectivity index (χ2n) is 3.09. The van der Waals surface area contributed by atoms with Crippen LogP contribution in [-0.4, -0.2) is 9.96 Å². The van der Waals surface area contributed by atoms with Crippen LogP contribution in [0.3, 0.4) is 0 Å². The van der Waals surface area contributed by atoms with Gasteiger partial charge in [-0.1, -0.05) is 29.3 Å². The van der Waals surface area contributed by atoms with E-state index in [0.29, 0.717) is 11.4 Å². The molecule has 0 fully saturated rings. The molecule has 0 radical (unpaired) electrons. The van der Waals surface area contributed by atoms with Crippen LogP contribution in [0.2, 0.25) is 0 Å². The van der Waals surface area contributed by atoms with Crippen molar-refractivity contribution in [1.82, 2.24) is 0 Å². The van der Waals surface area contributed by atoms with Gasteiger partial charge in [-0.05, 0) is 24.6 Å². The molecule has 1 rings (SSSR count). The van der Waals surface area contributed by atoms with Crippen molar-refractivity contribution in [2.24, 2.45) is 0 Å². The Bertz CT molecular complexity index is 341. The van der Waals surface area contributed by atoms with Crippen LogP contribution in [0.1, 0.15) is 19.8 Å². The highest BCUT2D eigenvalue weighted by molar-refractivity contribution is 9.10. The van der Waals surface area contributed by atoms with Gasteiger partial charge in [0.05, 0.1) is 15.7 Å². The summed E-state index contributed by atoms with van der Waals surface area (Å²) in [6.07, 6.45) is 2.03. The summed E-state index contributed by atoms with van der Waals surface area (Å²) in [5, 5.41) is 0. The van der Waals surface area contributed by atoms with Crippen LogP contribution in [0, 0.1) is 0 Å². The fourth-order valence-corrected chi connectivity index (χ4v) is 2.96. The van der Waals surface area contributed by atoms with Crippen LogP contribution in [0.5, 0.6) is 0 Å². The first-order chi connectivity index (χ1) is 6.65. The maximum absolute atomic E-state index is 11.8. The molecule has 0 saturated heterocycles. The summed E-state index contributed by atoms with van der Waals surface area (Å²) in [4.78, 5) is 0.743. The molecule has 0 amide bonds. The summed E-state index contributed by atoms with van der Waals surface area (Å²) >= 11 is 3.34. The van der Waals surface area contributed by atoms with Crippen molar-refractivity contribution < 1.29 is 4.21 Å². The highest BCUT2D eigenvalue weighted by atomic mass is 79.9. The predicted molar refractivity (Wildman–Crippen MR) is 64.7 cm³/mol. The van der Waals surface area contributed by atoms with Crippen molar-refractivity contribution in [2.75, 3.05) is 11.5 Å². The van der Waals surface area contributed by atoms with Crippen LogP contribution in [0.4, 0.5) is 5.69 Å². The summed E-state index contributed by atoms with van der Waals surface area (Å²) in [5.74, 6) is 0.692. The minimum Gasteiger partial charge on any atom is -0.398 e. The normalized spacial score (nSPS) is 12.7. The summed E-state index contributed by atoms with van der Waals surface area (Å²) in [5.41, 5.74) is 6.36. The molecule has 0 heterocycles. The van der Waals surface area contributed by atoms with E-state index < -0.39 is 10.8 Å². The highest BCUT2D eigenvalue weighted by Crippen LogP contribution is 2.22. The van der Waals surface area contributed by atoms with Crippen molar-refractivity contribution >= 4 is 32.4 Å². The zero-order valence-corrected chi connectivity index (χ0v) is 10.5. The van der Waals surface area contributed by atoms with Gasteiger partial charge in [-0.25, -0.2) is 0 Å². The molecule has 0 bridgehead atoms. The topological polar surface area (TPSA) is 43.1 Å². The Morgan fingerprint density at radius 1 is 1.50 bits per heavy atom. The third-order valence-electron chi connectivity index (χ3n) is 1.90. The van der Waals surface area contributed by atoms with Crippen LogP contribution in [0.25, 0.3) is 0 Å². The third-order valence-corrected chi connectivity index (χ3v) is 3.90. The molecule has 4 heteroatoms. The van der Waals surface area contributed by atoms with E-state index in [1.54, 1.807) is 6.07 Å². The molecule has 0 aliphatic rings. The van der Waals surface area contributed by atoms with Gasteiger partial charge in [0.25, 0.3) is 0 Å². The number of anilines is 1. The number of nitrogen functional groups attached to an aromatic ring is 1. The Balaban J connectivity index is 2.83. The molecule has 1 aromatic carbocycles. The summed E-state index contributed by atoms with van der Waals surface area (Å²) in [7, 11) is -0.960. The molecule has 0 aliphatic carbocycles. The molecular formula is C10H14BrNOS. The van der Waals surface area contributed by atoms with Crippen molar-refractivity contribution in [1.29, 1.82) is 0 Å². The van der Waals surface area contributed by atoms with Crippen molar-refractivity contribution in [3.8, 4) is 0 Å². The Morgan fingerprint density at radius 2 is 2.21 bits per heavy atom. The van der Waals surface area contributed by atoms with E-state index in [-0.39, 0.29) is 0 Å². The highest BCUT2D eigenvalue weighted by Gasteiger charge is 2.07. The maximum Gasteiger partial charge on any atom is 0.0628 e. The van der Waals surface area contributed by atoms with E-state index in [1.165, 1.54) is 0 Å². The largest absolute Gasteiger partial charge is 0.398 e. The van der Waals surface area contributed by atoms with E-state index in [4.69, 9.17) is 5.73 Å². The second-order valence-corrected chi connectivity index (χ2v) is 5.54. The van der Waals surface area contributed by atoms with Gasteiger partial charge in [-0.2, -0.15) is 0 Å². The van der Waals surface area contributed by atoms with Gasteiger partial charge in [0.2, 0.25) is 0 Å². The third kappa shape index (κ3) is 3.10. The fourth-order valence-electron chi connectivity index (χ4n) is 1.09. The van der Waals surface area contributed by atoms with E-state index in [1.807, 2.05) is 12.1 Å². The standard InChI is InChI=1S/C10H14BrNOS/c1-2-3-6-14(13)10-7-8(11)4-5-9(10)12/h4-5,7H,2-3,6,12H2,1H3. The van der Waals surface area contributed by atoms with Crippen LogP contribution in [-0.2, 0) is 10.8 Å². The first-order valence-electron chi connectivity index (χ1n) is 4.58. The molecule has 78 valence electrons. The number of hydrogen-bond acceptors (Lipinski definition) is 2. The monoisotopic (exact) mass is 275 g/mol. The Hall–Kier alpha value is -0.350. The zero-order chi connectivity index (χ0) is 10.6. The molecular weight excluding hydrogens is 262 g/mol. The van der Waals surface area contributed by atoms with Crippen LogP contribution >= 0.6 is 15.9 Å². The smallest absolute Gasteiger partial charge is 0.0628 e.